The van der Waals surface area contributed by atoms with Crippen molar-refractivity contribution in [2.24, 2.45) is 5.73 Å². The molecule has 4 heteroatoms. The Morgan fingerprint density at radius 1 is 1.43 bits per heavy atom. The van der Waals surface area contributed by atoms with Crippen molar-refractivity contribution in [2.75, 3.05) is 46.3 Å². The molecule has 0 aromatic carbocycles. The fourth-order valence-electron chi connectivity index (χ4n) is 2.25. The maximum absolute atomic E-state index is 11.0. The number of nitrogens with two attached hydrogens (primary N) is 1. The van der Waals surface area contributed by atoms with E-state index in [-0.39, 0.29) is 5.91 Å². The van der Waals surface area contributed by atoms with Crippen LogP contribution in [0.25, 0.3) is 0 Å². The van der Waals surface area contributed by atoms with Crippen LogP contribution < -0.4 is 5.73 Å². The number of piperazine rings is 1. The maximum Gasteiger partial charge on any atom is 0.272 e. The third-order valence-electron chi connectivity index (χ3n) is 3.10. The number of rotatable bonds is 4. The Morgan fingerprint density at radius 2 is 2.00 bits per heavy atom. The molecule has 1 saturated heterocycles. The molecule has 1 heterocycles. The highest BCUT2D eigenvalue weighted by atomic mass is 16.1. The van der Waals surface area contributed by atoms with Crippen molar-refractivity contribution in [3.8, 4) is 0 Å². The third kappa shape index (κ3) is 2.96. The summed E-state index contributed by atoms with van der Waals surface area (Å²) in [4.78, 5) is 13.3. The molecule has 82 valence electrons. The van der Waals surface area contributed by atoms with Gasteiger partial charge in [0, 0.05) is 13.1 Å². The number of likely N-dealkylation sites (N-methyl/N-ethyl adjacent to an activating group) is 1. The van der Waals surface area contributed by atoms with Crippen molar-refractivity contribution in [3.63, 3.8) is 0 Å². The van der Waals surface area contributed by atoms with Gasteiger partial charge in [-0.2, -0.15) is 0 Å². The minimum absolute atomic E-state index is 0.164. The maximum atomic E-state index is 11.0. The molecule has 0 aliphatic carbocycles. The normalized spacial score (nSPS) is 22.1. The van der Waals surface area contributed by atoms with Gasteiger partial charge in [-0.05, 0) is 13.5 Å². The van der Waals surface area contributed by atoms with Gasteiger partial charge >= 0.3 is 0 Å². The van der Waals surface area contributed by atoms with Crippen LogP contribution in [0.15, 0.2) is 0 Å². The van der Waals surface area contributed by atoms with Gasteiger partial charge in [0.2, 0.25) is 0 Å². The Balaban J connectivity index is 2.57. The SMILES string of the molecule is CCC[N+]1(CC(N)=O)CCN(C)CC1. The van der Waals surface area contributed by atoms with Crippen molar-refractivity contribution in [3.05, 3.63) is 0 Å². The van der Waals surface area contributed by atoms with Crippen LogP contribution in [0.1, 0.15) is 13.3 Å². The molecule has 1 aliphatic rings. The molecule has 0 spiro atoms. The second kappa shape index (κ2) is 4.75. The van der Waals surface area contributed by atoms with Crippen LogP contribution in [-0.4, -0.2) is 61.6 Å². The average molecular weight is 200 g/mol. The lowest BCUT2D eigenvalue weighted by molar-refractivity contribution is -0.924. The minimum Gasteiger partial charge on any atom is -0.365 e. The fraction of sp³-hybridized carbons (Fsp3) is 0.900. The molecule has 14 heavy (non-hydrogen) atoms. The fourth-order valence-corrected chi connectivity index (χ4v) is 2.25. The van der Waals surface area contributed by atoms with Gasteiger partial charge in [-0.1, -0.05) is 6.92 Å². The second-order valence-electron chi connectivity index (χ2n) is 4.44. The number of nitrogens with zero attached hydrogens (tertiary/aromatic N) is 2. The van der Waals surface area contributed by atoms with E-state index in [4.69, 9.17) is 5.73 Å². The number of carbonyl (C=O) groups excluding carboxylic acids is 1. The molecule has 0 aromatic heterocycles. The van der Waals surface area contributed by atoms with Gasteiger partial charge in [0.1, 0.15) is 0 Å². The van der Waals surface area contributed by atoms with E-state index in [1.807, 2.05) is 0 Å². The van der Waals surface area contributed by atoms with Crippen LogP contribution in [-0.2, 0) is 4.79 Å². The molecule has 1 rings (SSSR count). The first-order valence-corrected chi connectivity index (χ1v) is 5.40. The Hall–Kier alpha value is -0.610. The highest BCUT2D eigenvalue weighted by Gasteiger charge is 2.32. The average Bonchev–Trinajstić information content (AvgIpc) is 2.10. The second-order valence-corrected chi connectivity index (χ2v) is 4.44. The van der Waals surface area contributed by atoms with Gasteiger partial charge in [0.25, 0.3) is 5.91 Å². The van der Waals surface area contributed by atoms with Crippen molar-refractivity contribution < 1.29 is 9.28 Å². The Labute approximate surface area is 86.2 Å². The first kappa shape index (κ1) is 11.5. The van der Waals surface area contributed by atoms with E-state index in [1.165, 1.54) is 0 Å². The van der Waals surface area contributed by atoms with Gasteiger partial charge in [-0.15, -0.1) is 0 Å². The summed E-state index contributed by atoms with van der Waals surface area (Å²) in [6.45, 7) is 8.04. The monoisotopic (exact) mass is 200 g/mol. The van der Waals surface area contributed by atoms with E-state index < -0.39 is 0 Å². The molecule has 0 atom stereocenters. The topological polar surface area (TPSA) is 46.3 Å². The lowest BCUT2D eigenvalue weighted by Crippen LogP contribution is -2.61. The first-order valence-electron chi connectivity index (χ1n) is 5.40. The zero-order valence-electron chi connectivity index (χ0n) is 9.33. The summed E-state index contributed by atoms with van der Waals surface area (Å²) in [5.41, 5.74) is 5.31. The standard InChI is InChI=1S/C10H21N3O/c1-3-6-13(9-10(11)14)7-4-12(2)5-8-13/h3-9H2,1-2H3,(H-,11,14)/p+1. The highest BCUT2D eigenvalue weighted by Crippen LogP contribution is 2.12. The number of amides is 1. The van der Waals surface area contributed by atoms with Crippen LogP contribution in [0.3, 0.4) is 0 Å². The summed E-state index contributed by atoms with van der Waals surface area (Å²) in [6, 6.07) is 0. The highest BCUT2D eigenvalue weighted by molar-refractivity contribution is 5.74. The number of quaternary nitrogens is 1. The summed E-state index contributed by atoms with van der Waals surface area (Å²) >= 11 is 0. The van der Waals surface area contributed by atoms with Crippen LogP contribution >= 0.6 is 0 Å². The quantitative estimate of drug-likeness (QED) is 0.630. The zero-order chi connectivity index (χ0) is 10.6. The van der Waals surface area contributed by atoms with Gasteiger partial charge in [0.05, 0.1) is 19.6 Å². The lowest BCUT2D eigenvalue weighted by atomic mass is 10.2. The molecular weight excluding hydrogens is 178 g/mol. The molecule has 0 unspecified atom stereocenters. The predicted molar refractivity (Wildman–Crippen MR) is 56.7 cm³/mol. The van der Waals surface area contributed by atoms with E-state index in [0.29, 0.717) is 6.54 Å². The predicted octanol–water partition coefficient (Wildman–Crippen LogP) is -0.356. The number of hydrogen-bond donors (Lipinski definition) is 1. The third-order valence-corrected chi connectivity index (χ3v) is 3.10. The molecule has 1 amide bonds. The van der Waals surface area contributed by atoms with Crippen molar-refractivity contribution in [1.82, 2.24) is 4.90 Å². The molecule has 0 bridgehead atoms. The largest absolute Gasteiger partial charge is 0.365 e. The molecule has 1 aliphatic heterocycles. The first-order chi connectivity index (χ1) is 6.58. The summed E-state index contributed by atoms with van der Waals surface area (Å²) in [7, 11) is 2.13. The molecule has 0 saturated carbocycles. The van der Waals surface area contributed by atoms with Crippen LogP contribution in [0.2, 0.25) is 0 Å². The van der Waals surface area contributed by atoms with Crippen molar-refractivity contribution >= 4 is 5.91 Å². The van der Waals surface area contributed by atoms with E-state index in [0.717, 1.165) is 43.6 Å². The smallest absolute Gasteiger partial charge is 0.272 e. The van der Waals surface area contributed by atoms with Crippen LogP contribution in [0.4, 0.5) is 0 Å². The Morgan fingerprint density at radius 3 is 2.43 bits per heavy atom. The van der Waals surface area contributed by atoms with Crippen LogP contribution in [0, 0.1) is 0 Å². The van der Waals surface area contributed by atoms with Gasteiger partial charge in [-0.3, -0.25) is 9.69 Å². The van der Waals surface area contributed by atoms with Gasteiger partial charge < -0.3 is 10.2 Å². The number of carbonyl (C=O) groups is 1. The summed E-state index contributed by atoms with van der Waals surface area (Å²) in [6.07, 6.45) is 1.12. The molecule has 1 fully saturated rings. The summed E-state index contributed by atoms with van der Waals surface area (Å²) in [5, 5.41) is 0. The molecule has 0 radical (unpaired) electrons. The zero-order valence-corrected chi connectivity index (χ0v) is 9.33. The lowest BCUT2D eigenvalue weighted by Gasteiger charge is -2.43. The van der Waals surface area contributed by atoms with E-state index in [2.05, 4.69) is 18.9 Å². The number of primary amides is 1. The minimum atomic E-state index is -0.164. The molecular formula is C10H22N3O+. The summed E-state index contributed by atoms with van der Waals surface area (Å²) in [5.74, 6) is -0.164. The van der Waals surface area contributed by atoms with E-state index in [9.17, 15) is 4.79 Å². The van der Waals surface area contributed by atoms with Crippen molar-refractivity contribution in [1.29, 1.82) is 0 Å². The Bertz CT molecular complexity index is 198. The van der Waals surface area contributed by atoms with E-state index >= 15 is 0 Å². The van der Waals surface area contributed by atoms with Gasteiger partial charge in [-0.25, -0.2) is 0 Å². The molecule has 2 N–H and O–H groups in total. The van der Waals surface area contributed by atoms with E-state index in [1.54, 1.807) is 0 Å². The molecule has 0 aromatic rings. The Kier molecular flexibility index (Phi) is 3.89. The van der Waals surface area contributed by atoms with Crippen molar-refractivity contribution in [2.45, 2.75) is 13.3 Å². The molecule has 4 nitrogen and oxygen atoms in total. The number of hydrogen-bond acceptors (Lipinski definition) is 2. The van der Waals surface area contributed by atoms with Crippen LogP contribution in [0.5, 0.6) is 0 Å². The summed E-state index contributed by atoms with van der Waals surface area (Å²) < 4.78 is 0.899. The van der Waals surface area contributed by atoms with Gasteiger partial charge in [0.15, 0.2) is 6.54 Å².